The molecule has 0 aromatic heterocycles. The summed E-state index contributed by atoms with van der Waals surface area (Å²) in [4.78, 5) is 0. The first-order valence-corrected chi connectivity index (χ1v) is 7.15. The fourth-order valence-corrected chi connectivity index (χ4v) is 6.22. The van der Waals surface area contributed by atoms with Gasteiger partial charge in [0, 0.05) is 5.41 Å². The van der Waals surface area contributed by atoms with E-state index < -0.39 is 0 Å². The van der Waals surface area contributed by atoms with Crippen molar-refractivity contribution < 1.29 is 4.74 Å². The predicted octanol–water partition coefficient (Wildman–Crippen LogP) is 3.91. The van der Waals surface area contributed by atoms with Gasteiger partial charge in [0.05, 0.1) is 11.7 Å². The molecule has 4 aliphatic rings. The molecule has 1 nitrogen and oxygen atoms in total. The third-order valence-corrected chi connectivity index (χ3v) is 7.62. The molecule has 4 fully saturated rings. The fraction of sp³-hybridized carbons (Fsp3) is 1.00. The van der Waals surface area contributed by atoms with Crippen LogP contribution >= 0.6 is 0 Å². The lowest BCUT2D eigenvalue weighted by Crippen LogP contribution is -2.56. The summed E-state index contributed by atoms with van der Waals surface area (Å²) < 4.78 is 6.17. The highest BCUT2D eigenvalue weighted by molar-refractivity contribution is 5.27. The number of rotatable bonds is 0. The minimum absolute atomic E-state index is 0.262. The number of hydrogen-bond acceptors (Lipinski definition) is 1. The molecule has 1 heterocycles. The second-order valence-electron chi connectivity index (χ2n) is 7.58. The fourth-order valence-electron chi connectivity index (χ4n) is 6.22. The highest BCUT2D eigenvalue weighted by atomic mass is 16.6. The molecule has 1 aliphatic heterocycles. The molecule has 4 rings (SSSR count). The van der Waals surface area contributed by atoms with Crippen molar-refractivity contribution >= 4 is 0 Å². The van der Waals surface area contributed by atoms with Crippen LogP contribution in [0.5, 0.6) is 0 Å². The van der Waals surface area contributed by atoms with Crippen LogP contribution in [0.3, 0.4) is 0 Å². The van der Waals surface area contributed by atoms with Crippen LogP contribution in [0, 0.1) is 16.2 Å². The third-order valence-electron chi connectivity index (χ3n) is 7.62. The average molecular weight is 220 g/mol. The van der Waals surface area contributed by atoms with Gasteiger partial charge in [-0.1, -0.05) is 20.3 Å². The van der Waals surface area contributed by atoms with Crippen molar-refractivity contribution in [2.45, 2.75) is 77.4 Å². The van der Waals surface area contributed by atoms with E-state index in [9.17, 15) is 0 Å². The first kappa shape index (κ1) is 9.94. The average Bonchev–Trinajstić information content (AvgIpc) is 2.90. The van der Waals surface area contributed by atoms with Crippen LogP contribution in [0.2, 0.25) is 0 Å². The zero-order chi connectivity index (χ0) is 11.2. The Hall–Kier alpha value is -0.0400. The maximum absolute atomic E-state index is 6.17. The van der Waals surface area contributed by atoms with Crippen LogP contribution in [0.4, 0.5) is 0 Å². The van der Waals surface area contributed by atoms with Gasteiger partial charge in [0.25, 0.3) is 0 Å². The van der Waals surface area contributed by atoms with Crippen LogP contribution in [-0.4, -0.2) is 11.7 Å². The van der Waals surface area contributed by atoms with E-state index in [1.807, 2.05) is 0 Å². The first-order chi connectivity index (χ1) is 7.48. The Balaban J connectivity index is 1.91. The molecule has 2 bridgehead atoms. The second kappa shape index (κ2) is 2.39. The minimum Gasteiger partial charge on any atom is -0.366 e. The summed E-state index contributed by atoms with van der Waals surface area (Å²) in [5.41, 5.74) is 1.99. The normalized spacial score (nSPS) is 67.3. The largest absolute Gasteiger partial charge is 0.366 e. The van der Waals surface area contributed by atoms with Crippen molar-refractivity contribution in [2.24, 2.45) is 16.2 Å². The van der Waals surface area contributed by atoms with E-state index in [1.165, 1.54) is 44.9 Å². The Labute approximate surface area is 98.9 Å². The third kappa shape index (κ3) is 0.723. The summed E-state index contributed by atoms with van der Waals surface area (Å²) in [6, 6.07) is 0. The molecule has 0 radical (unpaired) electrons. The van der Waals surface area contributed by atoms with Gasteiger partial charge < -0.3 is 4.74 Å². The summed E-state index contributed by atoms with van der Waals surface area (Å²) in [6.45, 7) is 7.59. The summed E-state index contributed by atoms with van der Waals surface area (Å²) in [6.07, 6.45) is 10.6. The highest BCUT2D eigenvalue weighted by Gasteiger charge is 2.79. The van der Waals surface area contributed by atoms with Crippen LogP contribution in [0.25, 0.3) is 0 Å². The molecule has 16 heavy (non-hydrogen) atoms. The second-order valence-corrected chi connectivity index (χ2v) is 7.58. The van der Waals surface area contributed by atoms with E-state index in [0.29, 0.717) is 22.3 Å². The molecular formula is C15H24O. The lowest BCUT2D eigenvalue weighted by atomic mass is 9.44. The topological polar surface area (TPSA) is 12.5 Å². The van der Waals surface area contributed by atoms with Crippen molar-refractivity contribution in [3.05, 3.63) is 0 Å². The maximum Gasteiger partial charge on any atom is 0.0981 e. The lowest BCUT2D eigenvalue weighted by molar-refractivity contribution is -0.105. The molecular weight excluding hydrogens is 196 g/mol. The van der Waals surface area contributed by atoms with Gasteiger partial charge in [-0.05, 0) is 56.3 Å². The zero-order valence-corrected chi connectivity index (χ0v) is 10.9. The summed E-state index contributed by atoms with van der Waals surface area (Å²) >= 11 is 0. The van der Waals surface area contributed by atoms with Crippen LogP contribution in [0.15, 0.2) is 0 Å². The van der Waals surface area contributed by atoms with E-state index in [0.717, 1.165) is 0 Å². The van der Waals surface area contributed by atoms with Gasteiger partial charge in [-0.25, -0.2) is 0 Å². The summed E-state index contributed by atoms with van der Waals surface area (Å²) in [7, 11) is 0. The standard InChI is InChI=1S/C15H24O/c1-12-6-4-7-15(10-9-12)13(12,2)8-5-11-14(15,3)16-11/h11H,4-10H2,1-3H3. The van der Waals surface area contributed by atoms with Gasteiger partial charge in [0.2, 0.25) is 0 Å². The SMILES string of the molecule is CC12CCCC3(CC1)C1(C)OC1CCC23C. The Morgan fingerprint density at radius 3 is 2.56 bits per heavy atom. The van der Waals surface area contributed by atoms with E-state index in [2.05, 4.69) is 20.8 Å². The Morgan fingerprint density at radius 2 is 1.75 bits per heavy atom. The molecule has 0 amide bonds. The van der Waals surface area contributed by atoms with Crippen molar-refractivity contribution in [2.75, 3.05) is 0 Å². The van der Waals surface area contributed by atoms with E-state index in [4.69, 9.17) is 4.74 Å². The summed E-state index contributed by atoms with van der Waals surface area (Å²) in [5.74, 6) is 0. The van der Waals surface area contributed by atoms with Gasteiger partial charge in [0.15, 0.2) is 0 Å². The maximum atomic E-state index is 6.17. The van der Waals surface area contributed by atoms with Gasteiger partial charge in [-0.2, -0.15) is 0 Å². The molecule has 0 aromatic rings. The van der Waals surface area contributed by atoms with Gasteiger partial charge in [-0.3, -0.25) is 0 Å². The number of fused-ring (bicyclic) bond motifs is 1. The molecule has 0 spiro atoms. The van der Waals surface area contributed by atoms with Crippen molar-refractivity contribution in [1.82, 2.24) is 0 Å². The predicted molar refractivity (Wildman–Crippen MR) is 64.2 cm³/mol. The minimum atomic E-state index is 0.262. The number of ether oxygens (including phenoxy) is 1. The number of epoxide rings is 1. The Bertz CT molecular complexity index is 364. The first-order valence-electron chi connectivity index (χ1n) is 7.15. The number of hydrogen-bond donors (Lipinski definition) is 0. The van der Waals surface area contributed by atoms with E-state index >= 15 is 0 Å². The van der Waals surface area contributed by atoms with Crippen LogP contribution in [0.1, 0.15) is 65.7 Å². The molecule has 3 aliphatic carbocycles. The highest BCUT2D eigenvalue weighted by Crippen LogP contribution is 2.80. The van der Waals surface area contributed by atoms with Gasteiger partial charge in [0.1, 0.15) is 0 Å². The molecule has 1 saturated heterocycles. The summed E-state index contributed by atoms with van der Waals surface area (Å²) in [5, 5.41) is 0. The molecule has 90 valence electrons. The van der Waals surface area contributed by atoms with Crippen LogP contribution in [-0.2, 0) is 4.74 Å². The van der Waals surface area contributed by atoms with Gasteiger partial charge in [-0.15, -0.1) is 0 Å². The molecule has 1 heteroatoms. The molecule has 0 aromatic carbocycles. The Kier molecular flexibility index (Phi) is 1.48. The molecule has 0 N–H and O–H groups in total. The van der Waals surface area contributed by atoms with Crippen molar-refractivity contribution in [3.8, 4) is 0 Å². The molecule has 5 atom stereocenters. The quantitative estimate of drug-likeness (QED) is 0.564. The molecule has 3 saturated carbocycles. The molecule has 5 unspecified atom stereocenters. The van der Waals surface area contributed by atoms with Crippen molar-refractivity contribution in [3.63, 3.8) is 0 Å². The zero-order valence-electron chi connectivity index (χ0n) is 10.9. The monoisotopic (exact) mass is 220 g/mol. The van der Waals surface area contributed by atoms with Crippen molar-refractivity contribution in [1.29, 1.82) is 0 Å². The van der Waals surface area contributed by atoms with E-state index in [1.54, 1.807) is 0 Å². The van der Waals surface area contributed by atoms with Gasteiger partial charge >= 0.3 is 0 Å². The smallest absolute Gasteiger partial charge is 0.0981 e. The van der Waals surface area contributed by atoms with Crippen LogP contribution < -0.4 is 0 Å². The lowest BCUT2D eigenvalue weighted by Gasteiger charge is -2.59. The van der Waals surface area contributed by atoms with E-state index in [-0.39, 0.29) is 5.60 Å². The Morgan fingerprint density at radius 1 is 0.938 bits per heavy atom.